The molecular weight excluding hydrogens is 468 g/mol. The van der Waals surface area contributed by atoms with Crippen molar-refractivity contribution < 1.29 is 9.84 Å². The summed E-state index contributed by atoms with van der Waals surface area (Å²) >= 11 is 12.1. The van der Waals surface area contributed by atoms with Crippen molar-refractivity contribution in [3.8, 4) is 17.2 Å². The number of ether oxygens (including phenoxy) is 1. The van der Waals surface area contributed by atoms with Crippen molar-refractivity contribution in [2.75, 3.05) is 11.5 Å². The fourth-order valence-electron chi connectivity index (χ4n) is 4.34. The summed E-state index contributed by atoms with van der Waals surface area (Å²) in [7, 11) is 0. The van der Waals surface area contributed by atoms with Crippen LogP contribution in [-0.2, 0) is 0 Å². The first-order chi connectivity index (χ1) is 16.6. The van der Waals surface area contributed by atoms with Gasteiger partial charge in [-0.1, -0.05) is 17.7 Å². The van der Waals surface area contributed by atoms with E-state index in [-0.39, 0.29) is 17.8 Å². The third-order valence-corrected chi connectivity index (χ3v) is 6.35. The van der Waals surface area contributed by atoms with E-state index in [1.807, 2.05) is 66.6 Å². The van der Waals surface area contributed by atoms with E-state index in [0.29, 0.717) is 22.4 Å². The first-order valence-electron chi connectivity index (χ1n) is 11.0. The van der Waals surface area contributed by atoms with Crippen LogP contribution in [0.1, 0.15) is 30.4 Å². The van der Waals surface area contributed by atoms with Gasteiger partial charge in [-0.2, -0.15) is 0 Å². The Hall–Kier alpha value is -3.55. The molecule has 6 nitrogen and oxygen atoms in total. The summed E-state index contributed by atoms with van der Waals surface area (Å²) in [6.07, 6.45) is 3.78. The van der Waals surface area contributed by atoms with E-state index >= 15 is 0 Å². The number of phenolic OH excluding ortho intramolecular Hbond substituents is 1. The number of benzene rings is 2. The molecule has 0 saturated carbocycles. The van der Waals surface area contributed by atoms with Crippen LogP contribution in [0.3, 0.4) is 0 Å². The third-order valence-electron chi connectivity index (χ3n) is 5.80. The van der Waals surface area contributed by atoms with Gasteiger partial charge in [0.05, 0.1) is 24.0 Å². The fourth-order valence-corrected chi connectivity index (χ4v) is 4.85. The van der Waals surface area contributed by atoms with Crippen molar-refractivity contribution in [1.29, 1.82) is 0 Å². The lowest BCUT2D eigenvalue weighted by atomic mass is 10.0. The third kappa shape index (κ3) is 4.08. The summed E-state index contributed by atoms with van der Waals surface area (Å²) in [5, 5.41) is 15.1. The molecule has 2 atom stereocenters. The smallest absolute Gasteiger partial charge is 0.174 e. The lowest BCUT2D eigenvalue weighted by Crippen LogP contribution is -2.30. The average Bonchev–Trinajstić information content (AvgIpc) is 3.46. The molecule has 1 aliphatic heterocycles. The van der Waals surface area contributed by atoms with Gasteiger partial charge in [0.25, 0.3) is 0 Å². The Kier molecular flexibility index (Phi) is 6.13. The Morgan fingerprint density at radius 1 is 1.09 bits per heavy atom. The van der Waals surface area contributed by atoms with Gasteiger partial charge in [-0.3, -0.25) is 4.98 Å². The molecule has 0 spiro atoms. The van der Waals surface area contributed by atoms with E-state index in [2.05, 4.69) is 20.9 Å². The summed E-state index contributed by atoms with van der Waals surface area (Å²) in [6.45, 7) is 2.58. The van der Waals surface area contributed by atoms with Crippen molar-refractivity contribution in [2.24, 2.45) is 0 Å². The molecule has 0 bridgehead atoms. The standard InChI is InChI=1S/C26H23ClN4O2S/c1-2-33-19-11-9-18(10-12-19)30-15-5-7-21(30)25-24(20-6-3-4-14-28-20)29-26(34)31(25)22-16-17(27)8-13-23(22)32/h3-16,24-25,32H,2H2,1H3,(H,29,34)/t24-,25+/m1/s1. The minimum Gasteiger partial charge on any atom is -0.506 e. The molecule has 1 aliphatic rings. The van der Waals surface area contributed by atoms with E-state index in [1.54, 1.807) is 24.4 Å². The molecule has 0 amide bonds. The molecule has 0 radical (unpaired) electrons. The van der Waals surface area contributed by atoms with Gasteiger partial charge < -0.3 is 24.6 Å². The van der Waals surface area contributed by atoms with Crippen LogP contribution in [0.25, 0.3) is 5.69 Å². The second-order valence-electron chi connectivity index (χ2n) is 7.86. The van der Waals surface area contributed by atoms with Crippen LogP contribution in [-0.4, -0.2) is 26.4 Å². The summed E-state index contributed by atoms with van der Waals surface area (Å²) < 4.78 is 7.71. The van der Waals surface area contributed by atoms with Crippen molar-refractivity contribution in [3.63, 3.8) is 0 Å². The predicted molar refractivity (Wildman–Crippen MR) is 138 cm³/mol. The molecule has 5 rings (SSSR count). The van der Waals surface area contributed by atoms with Crippen LogP contribution >= 0.6 is 23.8 Å². The zero-order valence-electron chi connectivity index (χ0n) is 18.4. The Labute approximate surface area is 208 Å². The predicted octanol–water partition coefficient (Wildman–Crippen LogP) is 5.81. The summed E-state index contributed by atoms with van der Waals surface area (Å²) in [6, 6.07) is 22.2. The van der Waals surface area contributed by atoms with Crippen molar-refractivity contribution in [3.05, 3.63) is 102 Å². The topological polar surface area (TPSA) is 62.5 Å². The van der Waals surface area contributed by atoms with Crippen molar-refractivity contribution in [1.82, 2.24) is 14.9 Å². The van der Waals surface area contributed by atoms with E-state index < -0.39 is 0 Å². The van der Waals surface area contributed by atoms with Gasteiger partial charge in [0.1, 0.15) is 17.5 Å². The van der Waals surface area contributed by atoms with Crippen LogP contribution in [0.2, 0.25) is 5.02 Å². The monoisotopic (exact) mass is 490 g/mol. The van der Waals surface area contributed by atoms with Gasteiger partial charge in [0.2, 0.25) is 0 Å². The molecule has 1 fully saturated rings. The fraction of sp³-hybridized carbons (Fsp3) is 0.154. The number of aromatic hydroxyl groups is 1. The van der Waals surface area contributed by atoms with E-state index in [4.69, 9.17) is 28.6 Å². The molecule has 2 N–H and O–H groups in total. The Morgan fingerprint density at radius 3 is 2.65 bits per heavy atom. The first-order valence-corrected chi connectivity index (χ1v) is 11.7. The van der Waals surface area contributed by atoms with E-state index in [9.17, 15) is 5.11 Å². The minimum absolute atomic E-state index is 0.0967. The van der Waals surface area contributed by atoms with Gasteiger partial charge in [0, 0.05) is 28.8 Å². The quantitative estimate of drug-likeness (QED) is 0.333. The van der Waals surface area contributed by atoms with Gasteiger partial charge in [-0.05, 0) is 85.9 Å². The highest BCUT2D eigenvalue weighted by Crippen LogP contribution is 2.45. The molecule has 3 heterocycles. The van der Waals surface area contributed by atoms with E-state index in [0.717, 1.165) is 22.8 Å². The molecule has 2 aromatic carbocycles. The summed E-state index contributed by atoms with van der Waals surface area (Å²) in [5.74, 6) is 0.917. The number of rotatable bonds is 6. The normalized spacial score (nSPS) is 17.6. The SMILES string of the molecule is CCOc1ccc(-n2cccc2[C@H]2[C@@H](c3ccccn3)NC(=S)N2c2cc(Cl)ccc2O)cc1. The Bertz CT molecular complexity index is 1310. The number of hydrogen-bond acceptors (Lipinski definition) is 4. The minimum atomic E-state index is -0.298. The molecule has 8 heteroatoms. The van der Waals surface area contributed by atoms with E-state index in [1.165, 1.54) is 0 Å². The van der Waals surface area contributed by atoms with Crippen LogP contribution < -0.4 is 15.0 Å². The zero-order valence-corrected chi connectivity index (χ0v) is 20.0. The van der Waals surface area contributed by atoms with Gasteiger partial charge in [0.15, 0.2) is 5.11 Å². The number of hydrogen-bond donors (Lipinski definition) is 2. The average molecular weight is 491 g/mol. The lowest BCUT2D eigenvalue weighted by molar-refractivity contribution is 0.340. The maximum Gasteiger partial charge on any atom is 0.174 e. The van der Waals surface area contributed by atoms with Gasteiger partial charge in [-0.25, -0.2) is 0 Å². The van der Waals surface area contributed by atoms with Crippen molar-refractivity contribution >= 4 is 34.6 Å². The molecule has 172 valence electrons. The largest absolute Gasteiger partial charge is 0.506 e. The van der Waals surface area contributed by atoms with Crippen molar-refractivity contribution in [2.45, 2.75) is 19.0 Å². The number of phenols is 1. The lowest BCUT2D eigenvalue weighted by Gasteiger charge is -2.29. The number of pyridine rings is 1. The summed E-state index contributed by atoms with van der Waals surface area (Å²) in [5.41, 5.74) is 3.34. The molecule has 2 aromatic heterocycles. The number of nitrogens with one attached hydrogen (secondary N) is 1. The summed E-state index contributed by atoms with van der Waals surface area (Å²) in [4.78, 5) is 6.51. The Balaban J connectivity index is 1.64. The van der Waals surface area contributed by atoms with Crippen LogP contribution in [0.15, 0.2) is 85.2 Å². The van der Waals surface area contributed by atoms with Gasteiger partial charge in [-0.15, -0.1) is 0 Å². The maximum absolute atomic E-state index is 10.7. The number of anilines is 1. The maximum atomic E-state index is 10.7. The second kappa shape index (κ2) is 9.37. The molecule has 0 aliphatic carbocycles. The van der Waals surface area contributed by atoms with Crippen LogP contribution in [0.4, 0.5) is 5.69 Å². The molecule has 1 saturated heterocycles. The van der Waals surface area contributed by atoms with Crippen LogP contribution in [0, 0.1) is 0 Å². The second-order valence-corrected chi connectivity index (χ2v) is 8.68. The molecule has 34 heavy (non-hydrogen) atoms. The molecule has 0 unspecified atom stereocenters. The number of nitrogens with zero attached hydrogens (tertiary/aromatic N) is 3. The zero-order chi connectivity index (χ0) is 23.7. The highest BCUT2D eigenvalue weighted by atomic mass is 35.5. The Morgan fingerprint density at radius 2 is 1.91 bits per heavy atom. The highest BCUT2D eigenvalue weighted by Gasteiger charge is 2.43. The first kappa shape index (κ1) is 22.3. The number of halogens is 1. The molecular formula is C26H23ClN4O2S. The highest BCUT2D eigenvalue weighted by molar-refractivity contribution is 7.80. The van der Waals surface area contributed by atoms with Crippen LogP contribution in [0.5, 0.6) is 11.5 Å². The number of aromatic nitrogens is 2. The van der Waals surface area contributed by atoms with Gasteiger partial charge >= 0.3 is 0 Å². The molecule has 4 aromatic rings. The number of thiocarbonyl (C=S) groups is 1.